The normalized spacial score (nSPS) is 21.0. The number of aliphatic hydroxyl groups is 1. The first-order valence-electron chi connectivity index (χ1n) is 7.74. The lowest BCUT2D eigenvalue weighted by atomic mass is 10.0. The second-order valence-corrected chi connectivity index (χ2v) is 6.07. The zero-order chi connectivity index (χ0) is 15.4. The molecule has 0 saturated carbocycles. The van der Waals surface area contributed by atoms with Crippen LogP contribution in [0.3, 0.4) is 0 Å². The van der Waals surface area contributed by atoms with Gasteiger partial charge in [-0.2, -0.15) is 0 Å². The predicted octanol–water partition coefficient (Wildman–Crippen LogP) is 3.29. The molecule has 1 aromatic carbocycles. The van der Waals surface area contributed by atoms with Gasteiger partial charge in [-0.05, 0) is 50.8 Å². The molecule has 1 amide bonds. The maximum absolute atomic E-state index is 14.1. The molecule has 1 aliphatic rings. The maximum Gasteiger partial charge on any atom is 0.257 e. The van der Waals surface area contributed by atoms with E-state index < -0.39 is 11.9 Å². The van der Waals surface area contributed by atoms with Crippen molar-refractivity contribution in [1.82, 2.24) is 4.90 Å². The lowest BCUT2D eigenvalue weighted by molar-refractivity contribution is 0.0603. The first kappa shape index (κ1) is 16.0. The summed E-state index contributed by atoms with van der Waals surface area (Å²) >= 11 is 0. The minimum atomic E-state index is -0.458. The summed E-state index contributed by atoms with van der Waals surface area (Å²) in [6.07, 6.45) is 4.05. The van der Waals surface area contributed by atoms with Crippen LogP contribution in [-0.4, -0.2) is 34.6 Å². The highest BCUT2D eigenvalue weighted by molar-refractivity contribution is 5.94. The monoisotopic (exact) mass is 293 g/mol. The molecule has 1 aromatic rings. The van der Waals surface area contributed by atoms with E-state index in [1.807, 2.05) is 0 Å². The minimum Gasteiger partial charge on any atom is -0.393 e. The Kier molecular flexibility index (Phi) is 5.34. The van der Waals surface area contributed by atoms with E-state index in [-0.39, 0.29) is 17.5 Å². The van der Waals surface area contributed by atoms with Gasteiger partial charge in [-0.15, -0.1) is 0 Å². The SMILES string of the molecule is Cc1ccc(C(=O)N2CCCCCC2CC(C)O)c(F)c1. The van der Waals surface area contributed by atoms with Crippen molar-refractivity contribution in [3.63, 3.8) is 0 Å². The third kappa shape index (κ3) is 4.03. The van der Waals surface area contributed by atoms with Gasteiger partial charge in [-0.3, -0.25) is 4.79 Å². The van der Waals surface area contributed by atoms with E-state index in [0.717, 1.165) is 31.2 Å². The Morgan fingerprint density at radius 1 is 1.43 bits per heavy atom. The Morgan fingerprint density at radius 2 is 2.19 bits per heavy atom. The molecular weight excluding hydrogens is 269 g/mol. The average Bonchev–Trinajstić information content (AvgIpc) is 2.63. The van der Waals surface area contributed by atoms with Crippen molar-refractivity contribution in [2.24, 2.45) is 0 Å². The highest BCUT2D eigenvalue weighted by Gasteiger charge is 2.28. The summed E-state index contributed by atoms with van der Waals surface area (Å²) in [5, 5.41) is 9.65. The summed E-state index contributed by atoms with van der Waals surface area (Å²) in [6.45, 7) is 4.18. The summed E-state index contributed by atoms with van der Waals surface area (Å²) in [5.41, 5.74) is 0.943. The first-order chi connectivity index (χ1) is 9.99. The fraction of sp³-hybridized carbons (Fsp3) is 0.588. The molecular formula is C17H24FNO2. The summed E-state index contributed by atoms with van der Waals surface area (Å²) in [4.78, 5) is 14.4. The third-order valence-corrected chi connectivity index (χ3v) is 4.11. The summed E-state index contributed by atoms with van der Waals surface area (Å²) in [5.74, 6) is -0.708. The number of halogens is 1. The van der Waals surface area contributed by atoms with Crippen LogP contribution in [-0.2, 0) is 0 Å². The molecule has 0 aliphatic carbocycles. The fourth-order valence-corrected chi connectivity index (χ4v) is 3.03. The number of hydrogen-bond donors (Lipinski definition) is 1. The van der Waals surface area contributed by atoms with Crippen LogP contribution in [0.25, 0.3) is 0 Å². The standard InChI is InChI=1S/C17H24FNO2/c1-12-7-8-15(16(18)10-12)17(21)19-9-5-3-4-6-14(19)11-13(2)20/h7-8,10,13-14,20H,3-6,9,11H2,1-2H3. The number of benzene rings is 1. The highest BCUT2D eigenvalue weighted by Crippen LogP contribution is 2.23. The zero-order valence-corrected chi connectivity index (χ0v) is 12.8. The molecule has 2 atom stereocenters. The van der Waals surface area contributed by atoms with Crippen LogP contribution in [0.2, 0.25) is 0 Å². The van der Waals surface area contributed by atoms with Crippen LogP contribution in [0.1, 0.15) is 54.9 Å². The van der Waals surface area contributed by atoms with Crippen molar-refractivity contribution in [2.45, 2.75) is 58.1 Å². The molecule has 2 unspecified atom stereocenters. The topological polar surface area (TPSA) is 40.5 Å². The van der Waals surface area contributed by atoms with E-state index in [2.05, 4.69) is 0 Å². The smallest absolute Gasteiger partial charge is 0.257 e. The van der Waals surface area contributed by atoms with Crippen LogP contribution in [0.5, 0.6) is 0 Å². The van der Waals surface area contributed by atoms with Gasteiger partial charge in [0.2, 0.25) is 0 Å². The largest absolute Gasteiger partial charge is 0.393 e. The van der Waals surface area contributed by atoms with Crippen LogP contribution in [0, 0.1) is 12.7 Å². The van der Waals surface area contributed by atoms with Gasteiger partial charge >= 0.3 is 0 Å². The number of amides is 1. The van der Waals surface area contributed by atoms with E-state index in [1.165, 1.54) is 6.07 Å². The minimum absolute atomic E-state index is 0.000651. The van der Waals surface area contributed by atoms with Gasteiger partial charge in [0.1, 0.15) is 5.82 Å². The molecule has 1 fully saturated rings. The molecule has 0 radical (unpaired) electrons. The van der Waals surface area contributed by atoms with E-state index in [0.29, 0.717) is 13.0 Å². The molecule has 0 spiro atoms. The molecule has 0 aromatic heterocycles. The van der Waals surface area contributed by atoms with Crippen molar-refractivity contribution < 1.29 is 14.3 Å². The number of aliphatic hydroxyl groups excluding tert-OH is 1. The summed E-state index contributed by atoms with van der Waals surface area (Å²) < 4.78 is 14.1. The quantitative estimate of drug-likeness (QED) is 0.929. The van der Waals surface area contributed by atoms with E-state index >= 15 is 0 Å². The third-order valence-electron chi connectivity index (χ3n) is 4.11. The van der Waals surface area contributed by atoms with Crippen molar-refractivity contribution >= 4 is 5.91 Å². The zero-order valence-electron chi connectivity index (χ0n) is 12.8. The number of likely N-dealkylation sites (tertiary alicyclic amines) is 1. The second-order valence-electron chi connectivity index (χ2n) is 6.07. The van der Waals surface area contributed by atoms with Gasteiger partial charge in [0, 0.05) is 12.6 Å². The number of aryl methyl sites for hydroxylation is 1. The Labute approximate surface area is 125 Å². The maximum atomic E-state index is 14.1. The molecule has 1 saturated heterocycles. The molecule has 2 rings (SSSR count). The molecule has 21 heavy (non-hydrogen) atoms. The molecule has 3 nitrogen and oxygen atoms in total. The van der Waals surface area contributed by atoms with Crippen molar-refractivity contribution in [2.75, 3.05) is 6.54 Å². The van der Waals surface area contributed by atoms with Gasteiger partial charge in [-0.1, -0.05) is 18.9 Å². The van der Waals surface area contributed by atoms with Crippen molar-refractivity contribution in [3.05, 3.63) is 35.1 Å². The van der Waals surface area contributed by atoms with Gasteiger partial charge in [0.15, 0.2) is 0 Å². The van der Waals surface area contributed by atoms with Crippen molar-refractivity contribution in [3.8, 4) is 0 Å². The lowest BCUT2D eigenvalue weighted by Crippen LogP contribution is -2.41. The van der Waals surface area contributed by atoms with Gasteiger partial charge in [0.25, 0.3) is 5.91 Å². The number of nitrogens with zero attached hydrogens (tertiary/aromatic N) is 1. The summed E-state index contributed by atoms with van der Waals surface area (Å²) in [6, 6.07) is 4.73. The first-order valence-corrected chi connectivity index (χ1v) is 7.74. The Morgan fingerprint density at radius 3 is 2.86 bits per heavy atom. The molecule has 0 bridgehead atoms. The lowest BCUT2D eigenvalue weighted by Gasteiger charge is -2.31. The predicted molar refractivity (Wildman–Crippen MR) is 80.7 cm³/mol. The van der Waals surface area contributed by atoms with Gasteiger partial charge in [0.05, 0.1) is 11.7 Å². The second kappa shape index (κ2) is 7.03. The molecule has 4 heteroatoms. The molecule has 1 aliphatic heterocycles. The molecule has 1 N–H and O–H groups in total. The number of carbonyl (C=O) groups excluding carboxylic acids is 1. The number of rotatable bonds is 3. The Balaban J connectivity index is 2.24. The molecule has 116 valence electrons. The highest BCUT2D eigenvalue weighted by atomic mass is 19.1. The molecule has 1 heterocycles. The van der Waals surface area contributed by atoms with Crippen LogP contribution < -0.4 is 0 Å². The number of carbonyl (C=O) groups is 1. The van der Waals surface area contributed by atoms with E-state index in [4.69, 9.17) is 0 Å². The van der Waals surface area contributed by atoms with E-state index in [9.17, 15) is 14.3 Å². The van der Waals surface area contributed by atoms with Crippen molar-refractivity contribution in [1.29, 1.82) is 0 Å². The van der Waals surface area contributed by atoms with Crippen LogP contribution in [0.15, 0.2) is 18.2 Å². The fourth-order valence-electron chi connectivity index (χ4n) is 3.03. The number of hydrogen-bond acceptors (Lipinski definition) is 2. The Bertz CT molecular complexity index is 502. The van der Waals surface area contributed by atoms with Gasteiger partial charge in [-0.25, -0.2) is 4.39 Å². The van der Waals surface area contributed by atoms with E-state index in [1.54, 1.807) is 30.9 Å². The van der Waals surface area contributed by atoms with Crippen LogP contribution >= 0.6 is 0 Å². The average molecular weight is 293 g/mol. The van der Waals surface area contributed by atoms with Gasteiger partial charge < -0.3 is 10.0 Å². The Hall–Kier alpha value is -1.42. The van der Waals surface area contributed by atoms with Crippen LogP contribution in [0.4, 0.5) is 4.39 Å². The summed E-state index contributed by atoms with van der Waals surface area (Å²) in [7, 11) is 0.